The molecule has 4 nitrogen and oxygen atoms in total. The van der Waals surface area contributed by atoms with Gasteiger partial charge in [0.25, 0.3) is 0 Å². The average molecular weight is 336 g/mol. The number of benzene rings is 1. The molecule has 0 aliphatic rings. The summed E-state index contributed by atoms with van der Waals surface area (Å²) in [7, 11) is 0. The van der Waals surface area contributed by atoms with Gasteiger partial charge < -0.3 is 20.3 Å². The quantitative estimate of drug-likeness (QED) is 0.664. The molecular formula is C14H21F3N3OS+. The van der Waals surface area contributed by atoms with Gasteiger partial charge in [0.2, 0.25) is 0 Å². The molecule has 0 amide bonds. The number of anilines is 1. The van der Waals surface area contributed by atoms with Crippen LogP contribution < -0.4 is 20.3 Å². The zero-order valence-electron chi connectivity index (χ0n) is 12.6. The zero-order valence-corrected chi connectivity index (χ0v) is 13.4. The predicted molar refractivity (Wildman–Crippen MR) is 84.3 cm³/mol. The van der Waals surface area contributed by atoms with Crippen LogP contribution in [0, 0.1) is 0 Å². The summed E-state index contributed by atoms with van der Waals surface area (Å²) in [5, 5.41) is 6.43. The number of halogens is 3. The molecule has 0 aromatic heterocycles. The number of quaternary nitrogens is 1. The van der Waals surface area contributed by atoms with E-state index >= 15 is 0 Å². The lowest BCUT2D eigenvalue weighted by Gasteiger charge is -2.16. The number of ether oxygens (including phenoxy) is 1. The Balaban J connectivity index is 2.38. The van der Waals surface area contributed by atoms with Crippen molar-refractivity contribution >= 4 is 23.0 Å². The molecule has 8 heteroatoms. The molecule has 1 rings (SSSR count). The topological polar surface area (TPSA) is 37.7 Å². The van der Waals surface area contributed by atoms with Gasteiger partial charge in [-0.25, -0.2) is 0 Å². The predicted octanol–water partition coefficient (Wildman–Crippen LogP) is 1.80. The van der Waals surface area contributed by atoms with E-state index in [0.717, 1.165) is 26.2 Å². The molecule has 0 unspecified atom stereocenters. The van der Waals surface area contributed by atoms with Crippen LogP contribution in [-0.4, -0.2) is 37.7 Å². The van der Waals surface area contributed by atoms with Gasteiger partial charge in [0.1, 0.15) is 5.75 Å². The third-order valence-corrected chi connectivity index (χ3v) is 3.36. The number of hydrogen-bond donors (Lipinski definition) is 3. The van der Waals surface area contributed by atoms with Gasteiger partial charge in [-0.15, -0.1) is 13.2 Å². The number of nitrogens with one attached hydrogen (secondary N) is 3. The summed E-state index contributed by atoms with van der Waals surface area (Å²) < 4.78 is 39.9. The first-order valence-electron chi connectivity index (χ1n) is 7.08. The second-order valence-electron chi connectivity index (χ2n) is 4.66. The molecule has 124 valence electrons. The molecule has 0 bridgehead atoms. The highest BCUT2D eigenvalue weighted by molar-refractivity contribution is 7.80. The fraction of sp³-hybridized carbons (Fsp3) is 0.500. The van der Waals surface area contributed by atoms with Crippen molar-refractivity contribution in [2.75, 3.05) is 31.5 Å². The van der Waals surface area contributed by atoms with Gasteiger partial charge in [-0.05, 0) is 50.3 Å². The Labute approximate surface area is 133 Å². The highest BCUT2D eigenvalue weighted by Gasteiger charge is 2.30. The summed E-state index contributed by atoms with van der Waals surface area (Å²) in [5.41, 5.74) is 0.599. The van der Waals surface area contributed by atoms with E-state index in [1.165, 1.54) is 29.2 Å². The van der Waals surface area contributed by atoms with Gasteiger partial charge in [-0.1, -0.05) is 0 Å². The molecule has 0 saturated carbocycles. The van der Waals surface area contributed by atoms with Crippen molar-refractivity contribution in [3.63, 3.8) is 0 Å². The maximum Gasteiger partial charge on any atom is 0.573 e. The summed E-state index contributed by atoms with van der Waals surface area (Å²) in [6.07, 6.45) is -4.68. The fourth-order valence-corrected chi connectivity index (χ4v) is 2.09. The third kappa shape index (κ3) is 7.46. The lowest BCUT2D eigenvalue weighted by Crippen LogP contribution is -3.12. The Morgan fingerprint density at radius 1 is 1.18 bits per heavy atom. The van der Waals surface area contributed by atoms with E-state index in [4.69, 9.17) is 12.2 Å². The minimum absolute atomic E-state index is 0.262. The van der Waals surface area contributed by atoms with Crippen molar-refractivity contribution in [3.05, 3.63) is 24.3 Å². The summed E-state index contributed by atoms with van der Waals surface area (Å²) in [4.78, 5) is 1.46. The van der Waals surface area contributed by atoms with Gasteiger partial charge >= 0.3 is 6.36 Å². The van der Waals surface area contributed by atoms with Crippen molar-refractivity contribution in [1.29, 1.82) is 0 Å². The second kappa shape index (κ2) is 8.79. The zero-order chi connectivity index (χ0) is 16.6. The Morgan fingerprint density at radius 2 is 1.77 bits per heavy atom. The highest BCUT2D eigenvalue weighted by Crippen LogP contribution is 2.23. The largest absolute Gasteiger partial charge is 0.573 e. The Kier molecular flexibility index (Phi) is 7.40. The first kappa shape index (κ1) is 18.5. The van der Waals surface area contributed by atoms with Crippen LogP contribution in [0.25, 0.3) is 0 Å². The number of hydrogen-bond acceptors (Lipinski definition) is 2. The van der Waals surface area contributed by atoms with Crippen LogP contribution in [0.15, 0.2) is 24.3 Å². The van der Waals surface area contributed by atoms with Crippen LogP contribution in [-0.2, 0) is 0 Å². The van der Waals surface area contributed by atoms with Crippen LogP contribution >= 0.6 is 12.2 Å². The van der Waals surface area contributed by atoms with Crippen molar-refractivity contribution in [1.82, 2.24) is 5.32 Å². The van der Waals surface area contributed by atoms with Crippen LogP contribution in [0.4, 0.5) is 18.9 Å². The van der Waals surface area contributed by atoms with Gasteiger partial charge in [-0.3, -0.25) is 0 Å². The van der Waals surface area contributed by atoms with Crippen LogP contribution in [0.1, 0.15) is 13.8 Å². The van der Waals surface area contributed by atoms with Crippen LogP contribution in [0.3, 0.4) is 0 Å². The second-order valence-corrected chi connectivity index (χ2v) is 5.07. The van der Waals surface area contributed by atoms with Crippen molar-refractivity contribution in [2.45, 2.75) is 20.2 Å². The van der Waals surface area contributed by atoms with Gasteiger partial charge in [-0.2, -0.15) is 0 Å². The molecule has 3 N–H and O–H groups in total. The molecule has 0 aliphatic carbocycles. The molecule has 0 aliphatic heterocycles. The normalized spacial score (nSPS) is 11.4. The first-order valence-corrected chi connectivity index (χ1v) is 7.49. The molecule has 0 atom stereocenters. The maximum absolute atomic E-state index is 12.0. The highest BCUT2D eigenvalue weighted by atomic mass is 32.1. The summed E-state index contributed by atoms with van der Waals surface area (Å²) >= 11 is 5.14. The molecular weight excluding hydrogens is 315 g/mol. The van der Waals surface area contributed by atoms with E-state index in [1.807, 2.05) is 0 Å². The fourth-order valence-electron chi connectivity index (χ4n) is 1.87. The molecule has 1 aromatic carbocycles. The molecule has 0 radical (unpaired) electrons. The molecule has 0 fully saturated rings. The first-order chi connectivity index (χ1) is 10.3. The van der Waals surface area contributed by atoms with E-state index in [-0.39, 0.29) is 5.75 Å². The molecule has 22 heavy (non-hydrogen) atoms. The Morgan fingerprint density at radius 3 is 2.27 bits per heavy atom. The maximum atomic E-state index is 12.0. The third-order valence-electron chi connectivity index (χ3n) is 3.11. The van der Waals surface area contributed by atoms with Crippen molar-refractivity contribution in [3.8, 4) is 5.75 Å². The summed E-state index contributed by atoms with van der Waals surface area (Å²) in [5.74, 6) is -0.262. The van der Waals surface area contributed by atoms with Gasteiger partial charge in [0.05, 0.1) is 26.2 Å². The standard InChI is InChI=1S/C14H20F3N3OS/c1-3-20(4-2)10-9-18-13(22)19-11-5-7-12(8-6-11)21-14(15,16)17/h5-8H,3-4,9-10H2,1-2H3,(H2,18,19,22)/p+1. The number of likely N-dealkylation sites (N-methyl/N-ethyl adjacent to an activating group) is 1. The van der Waals surface area contributed by atoms with Crippen LogP contribution in [0.5, 0.6) is 5.75 Å². The monoisotopic (exact) mass is 336 g/mol. The number of thiocarbonyl (C=S) groups is 1. The van der Waals surface area contributed by atoms with Crippen LogP contribution in [0.2, 0.25) is 0 Å². The Hall–Kier alpha value is -1.54. The van der Waals surface area contributed by atoms with E-state index in [0.29, 0.717) is 10.8 Å². The van der Waals surface area contributed by atoms with Crippen molar-refractivity contribution in [2.24, 2.45) is 0 Å². The van der Waals surface area contributed by atoms with Crippen molar-refractivity contribution < 1.29 is 22.8 Å². The number of rotatable bonds is 7. The van der Waals surface area contributed by atoms with Gasteiger partial charge in [0, 0.05) is 5.69 Å². The smallest absolute Gasteiger partial charge is 0.406 e. The summed E-state index contributed by atoms with van der Waals surface area (Å²) in [6, 6.07) is 5.42. The summed E-state index contributed by atoms with van der Waals surface area (Å²) in [6.45, 7) is 8.04. The number of alkyl halides is 3. The van der Waals surface area contributed by atoms with E-state index < -0.39 is 6.36 Å². The lowest BCUT2D eigenvalue weighted by molar-refractivity contribution is -0.895. The molecule has 0 heterocycles. The lowest BCUT2D eigenvalue weighted by atomic mass is 10.3. The molecule has 1 aromatic rings. The van der Waals surface area contributed by atoms with E-state index in [1.54, 1.807) is 0 Å². The molecule has 0 spiro atoms. The minimum Gasteiger partial charge on any atom is -0.406 e. The SMILES string of the molecule is CC[NH+](CC)CCNC(=S)Nc1ccc(OC(F)(F)F)cc1. The average Bonchev–Trinajstić information content (AvgIpc) is 2.44. The van der Waals surface area contributed by atoms with E-state index in [9.17, 15) is 13.2 Å². The van der Waals surface area contributed by atoms with Gasteiger partial charge in [0.15, 0.2) is 5.11 Å². The van der Waals surface area contributed by atoms with E-state index in [2.05, 4.69) is 29.2 Å². The minimum atomic E-state index is -4.68. The Bertz CT molecular complexity index is 461. The molecule has 0 saturated heterocycles.